The van der Waals surface area contributed by atoms with Gasteiger partial charge >= 0.3 is 11.9 Å². The predicted molar refractivity (Wildman–Crippen MR) is 132 cm³/mol. The fraction of sp³-hybridized carbons (Fsp3) is 0.241. The van der Waals surface area contributed by atoms with Gasteiger partial charge in [-0.2, -0.15) is 0 Å². The van der Waals surface area contributed by atoms with E-state index in [2.05, 4.69) is 6.58 Å². The van der Waals surface area contributed by atoms with Crippen LogP contribution in [0, 0.1) is 11.6 Å². The van der Waals surface area contributed by atoms with Crippen LogP contribution in [0.4, 0.5) is 8.78 Å². The van der Waals surface area contributed by atoms with Gasteiger partial charge in [0.25, 0.3) is 0 Å². The zero-order valence-electron chi connectivity index (χ0n) is 19.8. The lowest BCUT2D eigenvalue weighted by molar-refractivity contribution is -0.137. The van der Waals surface area contributed by atoms with Crippen molar-refractivity contribution in [1.82, 2.24) is 0 Å². The lowest BCUT2D eigenvalue weighted by atomic mass is 10.0. The smallest absolute Gasteiger partial charge is 0.339 e. The van der Waals surface area contributed by atoms with Crippen molar-refractivity contribution < 1.29 is 32.6 Å². The Morgan fingerprint density at radius 2 is 1.28 bits per heavy atom. The summed E-state index contributed by atoms with van der Waals surface area (Å²) in [6.45, 7) is 4.25. The summed E-state index contributed by atoms with van der Waals surface area (Å²) in [5, 5.41) is 0. The van der Waals surface area contributed by atoms with Crippen LogP contribution in [-0.4, -0.2) is 25.2 Å². The van der Waals surface area contributed by atoms with E-state index in [0.29, 0.717) is 35.7 Å². The molecule has 0 bridgehead atoms. The molecule has 3 aromatic carbocycles. The average molecular weight is 495 g/mol. The number of carbonyl (C=O) groups is 2. The first-order chi connectivity index (χ1) is 17.5. The Hall–Kier alpha value is -4.00. The van der Waals surface area contributed by atoms with Gasteiger partial charge in [0.2, 0.25) is 0 Å². The summed E-state index contributed by atoms with van der Waals surface area (Å²) >= 11 is 0. The first kappa shape index (κ1) is 26.6. The van der Waals surface area contributed by atoms with E-state index in [1.165, 1.54) is 48.5 Å². The van der Waals surface area contributed by atoms with Gasteiger partial charge in [0.1, 0.15) is 17.4 Å². The van der Waals surface area contributed by atoms with Crippen LogP contribution in [0.15, 0.2) is 85.5 Å². The molecule has 0 atom stereocenters. The quantitative estimate of drug-likeness (QED) is 0.153. The van der Waals surface area contributed by atoms with Crippen LogP contribution in [0.25, 0.3) is 0 Å². The molecule has 0 amide bonds. The number of rotatable bonds is 13. The topological polar surface area (TPSA) is 61.8 Å². The van der Waals surface area contributed by atoms with Crippen molar-refractivity contribution in [3.8, 4) is 5.75 Å². The number of benzene rings is 3. The van der Waals surface area contributed by atoms with Crippen LogP contribution in [0.5, 0.6) is 5.75 Å². The second-order valence-corrected chi connectivity index (χ2v) is 8.05. The van der Waals surface area contributed by atoms with Crippen molar-refractivity contribution in [2.75, 3.05) is 13.2 Å². The SMILES string of the molecule is C=CC(=O)OCCCCCCOc1ccc(C(=O)OC(c2ccc(F)cc2)c2ccc(F)cc2)cc1. The number of esters is 2. The van der Waals surface area contributed by atoms with Crippen LogP contribution in [0.2, 0.25) is 0 Å². The van der Waals surface area contributed by atoms with Gasteiger partial charge in [0.15, 0.2) is 6.10 Å². The number of halogens is 2. The highest BCUT2D eigenvalue weighted by molar-refractivity contribution is 5.89. The van der Waals surface area contributed by atoms with E-state index in [1.807, 2.05) is 0 Å². The van der Waals surface area contributed by atoms with Crippen LogP contribution in [0.1, 0.15) is 53.3 Å². The maximum absolute atomic E-state index is 13.4. The second kappa shape index (κ2) is 13.8. The molecule has 0 spiro atoms. The molecule has 0 fully saturated rings. The fourth-order valence-corrected chi connectivity index (χ4v) is 3.45. The molecule has 0 heterocycles. The Morgan fingerprint density at radius 3 is 1.81 bits per heavy atom. The molecule has 188 valence electrons. The number of hydrogen-bond acceptors (Lipinski definition) is 5. The lowest BCUT2D eigenvalue weighted by Crippen LogP contribution is -2.13. The van der Waals surface area contributed by atoms with E-state index in [0.717, 1.165) is 31.8 Å². The van der Waals surface area contributed by atoms with E-state index < -0.39 is 29.7 Å². The molecule has 0 saturated carbocycles. The highest BCUT2D eigenvalue weighted by Crippen LogP contribution is 2.28. The third-order valence-electron chi connectivity index (χ3n) is 5.38. The summed E-state index contributed by atoms with van der Waals surface area (Å²) < 4.78 is 43.2. The molecule has 5 nitrogen and oxygen atoms in total. The Bertz CT molecular complexity index is 1080. The van der Waals surface area contributed by atoms with Gasteiger partial charge < -0.3 is 14.2 Å². The average Bonchev–Trinajstić information content (AvgIpc) is 2.90. The summed E-state index contributed by atoms with van der Waals surface area (Å²) in [6.07, 6.45) is 3.80. The summed E-state index contributed by atoms with van der Waals surface area (Å²) in [6, 6.07) is 17.8. The van der Waals surface area contributed by atoms with Gasteiger partial charge in [0, 0.05) is 6.08 Å². The minimum absolute atomic E-state index is 0.325. The van der Waals surface area contributed by atoms with Crippen molar-refractivity contribution >= 4 is 11.9 Å². The number of hydrogen-bond donors (Lipinski definition) is 0. The van der Waals surface area contributed by atoms with Crippen molar-refractivity contribution in [3.05, 3.63) is 114 Å². The number of carbonyl (C=O) groups excluding carboxylic acids is 2. The molecule has 7 heteroatoms. The Kier molecular flexibility index (Phi) is 10.2. The second-order valence-electron chi connectivity index (χ2n) is 8.05. The first-order valence-corrected chi connectivity index (χ1v) is 11.7. The molecular weight excluding hydrogens is 466 g/mol. The fourth-order valence-electron chi connectivity index (χ4n) is 3.45. The Labute approximate surface area is 209 Å². The molecule has 0 saturated heterocycles. The minimum atomic E-state index is -0.824. The molecule has 36 heavy (non-hydrogen) atoms. The predicted octanol–water partition coefficient (Wildman–Crippen LogP) is 6.58. The largest absolute Gasteiger partial charge is 0.494 e. The monoisotopic (exact) mass is 494 g/mol. The van der Waals surface area contributed by atoms with Gasteiger partial charge in [-0.25, -0.2) is 18.4 Å². The number of ether oxygens (including phenoxy) is 3. The molecule has 0 unspecified atom stereocenters. The van der Waals surface area contributed by atoms with Crippen LogP contribution < -0.4 is 4.74 Å². The standard InChI is InChI=1S/C29H28F2O5/c1-2-27(32)35-20-6-4-3-5-19-34-26-17-11-23(12-18-26)29(33)36-28(21-7-13-24(30)14-8-21)22-9-15-25(31)16-10-22/h2,7-18,28H,1,3-6,19-20H2. The van der Waals surface area contributed by atoms with E-state index in [-0.39, 0.29) is 0 Å². The van der Waals surface area contributed by atoms with Gasteiger partial charge in [-0.15, -0.1) is 0 Å². The molecule has 0 aliphatic rings. The molecule has 0 aromatic heterocycles. The maximum atomic E-state index is 13.4. The Balaban J connectivity index is 1.51. The van der Waals surface area contributed by atoms with Crippen molar-refractivity contribution in [2.24, 2.45) is 0 Å². The maximum Gasteiger partial charge on any atom is 0.339 e. The molecule has 0 aliphatic heterocycles. The molecule has 0 N–H and O–H groups in total. The highest BCUT2D eigenvalue weighted by Gasteiger charge is 2.20. The lowest BCUT2D eigenvalue weighted by Gasteiger charge is -2.19. The normalized spacial score (nSPS) is 10.6. The molecule has 3 rings (SSSR count). The molecule has 3 aromatic rings. The summed E-state index contributed by atoms with van der Waals surface area (Å²) in [5.41, 5.74) is 1.45. The van der Waals surface area contributed by atoms with E-state index in [9.17, 15) is 18.4 Å². The van der Waals surface area contributed by atoms with Crippen LogP contribution in [-0.2, 0) is 14.3 Å². The first-order valence-electron chi connectivity index (χ1n) is 11.7. The minimum Gasteiger partial charge on any atom is -0.494 e. The Morgan fingerprint density at radius 1 is 0.750 bits per heavy atom. The van der Waals surface area contributed by atoms with E-state index in [1.54, 1.807) is 24.3 Å². The van der Waals surface area contributed by atoms with Crippen LogP contribution in [0.3, 0.4) is 0 Å². The number of unbranched alkanes of at least 4 members (excludes halogenated alkanes) is 3. The summed E-state index contributed by atoms with van der Waals surface area (Å²) in [7, 11) is 0. The molecule has 0 aliphatic carbocycles. The van der Waals surface area contributed by atoms with Crippen molar-refractivity contribution in [3.63, 3.8) is 0 Å². The highest BCUT2D eigenvalue weighted by atomic mass is 19.1. The van der Waals surface area contributed by atoms with Gasteiger partial charge in [-0.1, -0.05) is 30.8 Å². The zero-order valence-corrected chi connectivity index (χ0v) is 19.8. The third-order valence-corrected chi connectivity index (χ3v) is 5.38. The van der Waals surface area contributed by atoms with E-state index in [4.69, 9.17) is 14.2 Å². The van der Waals surface area contributed by atoms with Crippen molar-refractivity contribution in [2.45, 2.75) is 31.8 Å². The summed E-state index contributed by atoms with van der Waals surface area (Å²) in [5.74, 6) is -1.18. The van der Waals surface area contributed by atoms with Gasteiger partial charge in [-0.3, -0.25) is 0 Å². The van der Waals surface area contributed by atoms with Gasteiger partial charge in [0.05, 0.1) is 18.8 Å². The zero-order chi connectivity index (χ0) is 25.8. The molecule has 0 radical (unpaired) electrons. The van der Waals surface area contributed by atoms with Gasteiger partial charge in [-0.05, 0) is 85.3 Å². The van der Waals surface area contributed by atoms with Crippen LogP contribution >= 0.6 is 0 Å². The third kappa shape index (κ3) is 8.34. The molecular formula is C29H28F2O5. The van der Waals surface area contributed by atoms with E-state index >= 15 is 0 Å². The van der Waals surface area contributed by atoms with Crippen molar-refractivity contribution in [1.29, 1.82) is 0 Å². The summed E-state index contributed by atoms with van der Waals surface area (Å²) in [4.78, 5) is 23.8.